The lowest BCUT2D eigenvalue weighted by molar-refractivity contribution is -0.384. The van der Waals surface area contributed by atoms with Gasteiger partial charge in [-0.1, -0.05) is 42.5 Å². The molecule has 0 radical (unpaired) electrons. The van der Waals surface area contributed by atoms with Crippen LogP contribution in [0.5, 0.6) is 0 Å². The minimum atomic E-state index is -3.77. The fraction of sp³-hybridized carbons (Fsp3) is 0. The number of nitro groups is 1. The van der Waals surface area contributed by atoms with Gasteiger partial charge >= 0.3 is 0 Å². The van der Waals surface area contributed by atoms with E-state index in [2.05, 4.69) is 4.72 Å². The average Bonchev–Trinajstić information content (AvgIpc) is 2.63. The Morgan fingerprint density at radius 2 is 1.32 bits per heavy atom. The van der Waals surface area contributed by atoms with Crippen LogP contribution in [0, 0.1) is 10.1 Å². The lowest BCUT2D eigenvalue weighted by Crippen LogP contribution is -2.12. The van der Waals surface area contributed by atoms with Gasteiger partial charge in [0.05, 0.1) is 9.82 Å². The van der Waals surface area contributed by atoms with E-state index in [1.807, 2.05) is 30.3 Å². The summed E-state index contributed by atoms with van der Waals surface area (Å²) in [5.74, 6) is 0. The average molecular weight is 354 g/mol. The highest BCUT2D eigenvalue weighted by Gasteiger charge is 2.15. The second kappa shape index (κ2) is 6.74. The SMILES string of the molecule is O=[N+]([O-])c1ccc(NS(=O)(=O)c2ccc(-c3ccccc3)cc2)cc1. The Labute approximate surface area is 145 Å². The van der Waals surface area contributed by atoms with Crippen molar-refractivity contribution in [3.8, 4) is 11.1 Å². The maximum atomic E-state index is 12.4. The number of nitrogens with zero attached hydrogens (tertiary/aromatic N) is 1. The standard InChI is InChI=1S/C18H14N2O4S/c21-20(22)17-10-8-16(9-11-17)19-25(23,24)18-12-6-15(7-13-18)14-4-2-1-3-5-14/h1-13,19H. The quantitative estimate of drug-likeness (QED) is 0.552. The van der Waals surface area contributed by atoms with Gasteiger partial charge in [-0.2, -0.15) is 0 Å². The Balaban J connectivity index is 1.81. The van der Waals surface area contributed by atoms with Crippen LogP contribution in [-0.4, -0.2) is 13.3 Å². The number of nitro benzene ring substituents is 1. The highest BCUT2D eigenvalue weighted by atomic mass is 32.2. The van der Waals surface area contributed by atoms with Gasteiger partial charge in [-0.3, -0.25) is 14.8 Å². The molecule has 1 N–H and O–H groups in total. The fourth-order valence-electron chi connectivity index (χ4n) is 2.32. The minimum absolute atomic E-state index is 0.102. The molecule has 3 aromatic rings. The summed E-state index contributed by atoms with van der Waals surface area (Å²) >= 11 is 0. The third-order valence-corrected chi connectivity index (χ3v) is 5.00. The normalized spacial score (nSPS) is 11.0. The Morgan fingerprint density at radius 1 is 0.760 bits per heavy atom. The molecule has 0 fully saturated rings. The molecule has 0 aliphatic rings. The number of benzene rings is 3. The van der Waals surface area contributed by atoms with Crippen LogP contribution in [0.25, 0.3) is 11.1 Å². The van der Waals surface area contributed by atoms with E-state index in [0.717, 1.165) is 11.1 Å². The number of nitrogens with one attached hydrogen (secondary N) is 1. The molecule has 25 heavy (non-hydrogen) atoms. The van der Waals surface area contributed by atoms with Crippen LogP contribution < -0.4 is 4.72 Å². The first-order valence-electron chi connectivity index (χ1n) is 7.38. The zero-order valence-electron chi connectivity index (χ0n) is 13.0. The number of sulfonamides is 1. The van der Waals surface area contributed by atoms with E-state index < -0.39 is 14.9 Å². The molecular weight excluding hydrogens is 340 g/mol. The molecule has 0 aromatic heterocycles. The second-order valence-corrected chi connectivity index (χ2v) is 6.98. The van der Waals surface area contributed by atoms with Crippen LogP contribution in [0.15, 0.2) is 83.8 Å². The molecule has 0 atom stereocenters. The van der Waals surface area contributed by atoms with Crippen LogP contribution >= 0.6 is 0 Å². The predicted molar refractivity (Wildman–Crippen MR) is 95.8 cm³/mol. The van der Waals surface area contributed by atoms with Crippen molar-refractivity contribution in [2.45, 2.75) is 4.90 Å². The van der Waals surface area contributed by atoms with Gasteiger partial charge in [0.15, 0.2) is 0 Å². The Kier molecular flexibility index (Phi) is 4.49. The molecule has 0 saturated carbocycles. The third-order valence-electron chi connectivity index (χ3n) is 3.60. The molecule has 0 unspecified atom stereocenters. The summed E-state index contributed by atoms with van der Waals surface area (Å²) in [5.41, 5.74) is 2.07. The van der Waals surface area contributed by atoms with Crippen molar-refractivity contribution in [1.82, 2.24) is 0 Å². The molecule has 6 nitrogen and oxygen atoms in total. The highest BCUT2D eigenvalue weighted by molar-refractivity contribution is 7.92. The van der Waals surface area contributed by atoms with Gasteiger partial charge in [-0.25, -0.2) is 8.42 Å². The van der Waals surface area contributed by atoms with Crippen LogP contribution in [0.3, 0.4) is 0 Å². The molecule has 126 valence electrons. The minimum Gasteiger partial charge on any atom is -0.280 e. The van der Waals surface area contributed by atoms with Gasteiger partial charge in [0, 0.05) is 17.8 Å². The first-order valence-corrected chi connectivity index (χ1v) is 8.87. The van der Waals surface area contributed by atoms with Crippen LogP contribution in [0.2, 0.25) is 0 Å². The smallest absolute Gasteiger partial charge is 0.269 e. The monoisotopic (exact) mass is 354 g/mol. The van der Waals surface area contributed by atoms with Crippen molar-refractivity contribution in [2.24, 2.45) is 0 Å². The Bertz CT molecular complexity index is 984. The first-order chi connectivity index (χ1) is 12.0. The molecular formula is C18H14N2O4S. The maximum Gasteiger partial charge on any atom is 0.269 e. The van der Waals surface area contributed by atoms with E-state index in [1.165, 1.54) is 36.4 Å². The first kappa shape index (κ1) is 16.7. The zero-order chi connectivity index (χ0) is 17.9. The number of hydrogen-bond acceptors (Lipinski definition) is 4. The van der Waals surface area contributed by atoms with Gasteiger partial charge in [-0.15, -0.1) is 0 Å². The summed E-state index contributed by atoms with van der Waals surface area (Å²) in [4.78, 5) is 10.2. The molecule has 0 aliphatic carbocycles. The van der Waals surface area contributed by atoms with E-state index in [1.54, 1.807) is 12.1 Å². The fourth-order valence-corrected chi connectivity index (χ4v) is 3.38. The van der Waals surface area contributed by atoms with Crippen molar-refractivity contribution in [1.29, 1.82) is 0 Å². The van der Waals surface area contributed by atoms with E-state index in [9.17, 15) is 18.5 Å². The van der Waals surface area contributed by atoms with Crippen LogP contribution in [0.1, 0.15) is 0 Å². The summed E-state index contributed by atoms with van der Waals surface area (Å²) in [6.07, 6.45) is 0. The number of hydrogen-bond donors (Lipinski definition) is 1. The number of rotatable bonds is 5. The lowest BCUT2D eigenvalue weighted by atomic mass is 10.1. The lowest BCUT2D eigenvalue weighted by Gasteiger charge is -2.09. The summed E-state index contributed by atoms with van der Waals surface area (Å²) in [5, 5.41) is 10.6. The summed E-state index contributed by atoms with van der Waals surface area (Å²) in [7, 11) is -3.77. The summed E-state index contributed by atoms with van der Waals surface area (Å²) in [6, 6.07) is 21.3. The molecule has 0 saturated heterocycles. The number of non-ortho nitro benzene ring substituents is 1. The molecule has 7 heteroatoms. The van der Waals surface area contributed by atoms with E-state index in [0.29, 0.717) is 0 Å². The Morgan fingerprint density at radius 3 is 1.88 bits per heavy atom. The molecule has 0 heterocycles. The predicted octanol–water partition coefficient (Wildman–Crippen LogP) is 4.06. The summed E-state index contributed by atoms with van der Waals surface area (Å²) < 4.78 is 27.3. The van der Waals surface area contributed by atoms with Crippen molar-refractivity contribution in [3.05, 3.63) is 89.0 Å². The van der Waals surface area contributed by atoms with Gasteiger partial charge in [0.1, 0.15) is 0 Å². The van der Waals surface area contributed by atoms with Crippen molar-refractivity contribution >= 4 is 21.4 Å². The van der Waals surface area contributed by atoms with Crippen molar-refractivity contribution in [2.75, 3.05) is 4.72 Å². The van der Waals surface area contributed by atoms with Gasteiger partial charge in [0.2, 0.25) is 0 Å². The topological polar surface area (TPSA) is 89.3 Å². The zero-order valence-corrected chi connectivity index (χ0v) is 13.8. The highest BCUT2D eigenvalue weighted by Crippen LogP contribution is 2.23. The van der Waals surface area contributed by atoms with E-state index in [-0.39, 0.29) is 16.3 Å². The molecule has 0 spiro atoms. The summed E-state index contributed by atoms with van der Waals surface area (Å²) in [6.45, 7) is 0. The van der Waals surface area contributed by atoms with E-state index in [4.69, 9.17) is 0 Å². The second-order valence-electron chi connectivity index (χ2n) is 5.30. The number of anilines is 1. The molecule has 3 rings (SSSR count). The van der Waals surface area contributed by atoms with E-state index >= 15 is 0 Å². The van der Waals surface area contributed by atoms with Crippen LogP contribution in [-0.2, 0) is 10.0 Å². The molecule has 0 aliphatic heterocycles. The van der Waals surface area contributed by atoms with Gasteiger partial charge in [0.25, 0.3) is 15.7 Å². The Hall–Kier alpha value is -3.19. The largest absolute Gasteiger partial charge is 0.280 e. The molecule has 3 aromatic carbocycles. The molecule has 0 bridgehead atoms. The van der Waals surface area contributed by atoms with Gasteiger partial charge in [-0.05, 0) is 35.4 Å². The molecule has 0 amide bonds. The van der Waals surface area contributed by atoms with Crippen LogP contribution in [0.4, 0.5) is 11.4 Å². The van der Waals surface area contributed by atoms with Crippen molar-refractivity contribution < 1.29 is 13.3 Å². The van der Waals surface area contributed by atoms with Crippen molar-refractivity contribution in [3.63, 3.8) is 0 Å². The maximum absolute atomic E-state index is 12.4. The third kappa shape index (κ3) is 3.84. The van der Waals surface area contributed by atoms with Gasteiger partial charge < -0.3 is 0 Å².